The standard InChI is InChI=1S/C21H26FN3O6S.Na/c1-12(2)19-17(9-8-15(26)10-16(27)11-18(28)29)20(13-4-6-14(22)7-5-13)24-21(23-19)25-32(3,30)31;/h4-9,12,15-16,26-27H,10-11H2,1-3H3,(H,28,29)(H,23,24,25);/q;+1/p-1/b9-8+;/t15-,16-;/m1./s1/i3D3;. The van der Waals surface area contributed by atoms with Crippen molar-refractivity contribution in [1.29, 1.82) is 0 Å². The monoisotopic (exact) mass is 492 g/mol. The molecule has 0 bridgehead atoms. The topological polar surface area (TPSA) is 153 Å². The Hall–Kier alpha value is -1.89. The van der Waals surface area contributed by atoms with E-state index < -0.39 is 52.6 Å². The van der Waals surface area contributed by atoms with Crippen LogP contribution in [0.25, 0.3) is 17.3 Å². The molecule has 2 atom stereocenters. The van der Waals surface area contributed by atoms with Gasteiger partial charge in [-0.1, -0.05) is 26.0 Å². The minimum Gasteiger partial charge on any atom is -0.550 e. The summed E-state index contributed by atoms with van der Waals surface area (Å²) in [5.41, 5.74) is 1.06. The largest absolute Gasteiger partial charge is 1.00 e. The van der Waals surface area contributed by atoms with Crippen LogP contribution in [0.5, 0.6) is 0 Å². The summed E-state index contributed by atoms with van der Waals surface area (Å²) in [5.74, 6) is -2.86. The summed E-state index contributed by atoms with van der Waals surface area (Å²) < 4.78 is 61.3. The second-order valence-electron chi connectivity index (χ2n) is 7.35. The van der Waals surface area contributed by atoms with E-state index in [-0.39, 0.29) is 53.3 Å². The van der Waals surface area contributed by atoms with E-state index in [9.17, 15) is 32.9 Å². The number of aliphatic hydroxyl groups is 2. The van der Waals surface area contributed by atoms with E-state index in [0.717, 1.165) is 12.1 Å². The van der Waals surface area contributed by atoms with Crippen molar-refractivity contribution in [2.75, 3.05) is 10.9 Å². The van der Waals surface area contributed by atoms with Gasteiger partial charge in [0.05, 0.1) is 29.8 Å². The molecule has 1 aromatic heterocycles. The summed E-state index contributed by atoms with van der Waals surface area (Å²) in [6, 6.07) is 5.05. The number of aliphatic hydroxyl groups excluding tert-OH is 2. The minimum absolute atomic E-state index is 0. The molecule has 1 aromatic carbocycles. The van der Waals surface area contributed by atoms with Gasteiger partial charge in [0, 0.05) is 34.1 Å². The van der Waals surface area contributed by atoms with Gasteiger partial charge in [-0.2, -0.15) is 0 Å². The summed E-state index contributed by atoms with van der Waals surface area (Å²) >= 11 is 0. The van der Waals surface area contributed by atoms with Gasteiger partial charge in [-0.25, -0.2) is 22.8 Å². The average Bonchev–Trinajstić information content (AvgIpc) is 2.71. The molecule has 3 N–H and O–H groups in total. The maximum absolute atomic E-state index is 13.5. The molecule has 0 saturated heterocycles. The molecule has 2 aromatic rings. The predicted molar refractivity (Wildman–Crippen MR) is 115 cm³/mol. The van der Waals surface area contributed by atoms with Crippen LogP contribution in [0.2, 0.25) is 0 Å². The molecular weight excluding hydrogens is 464 g/mol. The SMILES string of the molecule is [2H]C([2H])([2H])S(=O)(=O)Nc1nc(-c2ccc(F)cc2)c(/C=C/[C@@H](O)C[C@@H](O)CC(=O)[O-])c(C(C)C)n1.[Na+]. The Morgan fingerprint density at radius 1 is 1.27 bits per heavy atom. The quantitative estimate of drug-likeness (QED) is 0.324. The third-order valence-electron chi connectivity index (χ3n) is 4.27. The Morgan fingerprint density at radius 2 is 1.91 bits per heavy atom. The third kappa shape index (κ3) is 9.48. The van der Waals surface area contributed by atoms with Crippen LogP contribution in [0.15, 0.2) is 30.3 Å². The van der Waals surface area contributed by atoms with Crippen LogP contribution in [0.1, 0.15) is 48.0 Å². The van der Waals surface area contributed by atoms with Gasteiger partial charge in [-0.3, -0.25) is 4.72 Å². The zero-order valence-corrected chi connectivity index (χ0v) is 21.1. The summed E-state index contributed by atoms with van der Waals surface area (Å²) in [7, 11) is -4.83. The number of halogens is 1. The Labute approximate surface area is 218 Å². The van der Waals surface area contributed by atoms with Gasteiger partial charge in [-0.15, -0.1) is 0 Å². The number of carboxylic acids is 1. The zero-order valence-electron chi connectivity index (χ0n) is 21.3. The Morgan fingerprint density at radius 3 is 2.45 bits per heavy atom. The van der Waals surface area contributed by atoms with E-state index in [4.69, 9.17) is 4.11 Å². The molecule has 0 aliphatic carbocycles. The molecule has 0 aliphatic heterocycles. The normalized spacial score (nSPS) is 15.3. The molecule has 0 spiro atoms. The minimum atomic E-state index is -4.83. The van der Waals surface area contributed by atoms with Crippen molar-refractivity contribution in [1.82, 2.24) is 9.97 Å². The Bertz CT molecular complexity index is 1190. The molecule has 0 amide bonds. The van der Waals surface area contributed by atoms with Gasteiger partial charge < -0.3 is 20.1 Å². The first-order valence-electron chi connectivity index (χ1n) is 11.0. The molecule has 0 radical (unpaired) electrons. The van der Waals surface area contributed by atoms with Crippen molar-refractivity contribution in [2.45, 2.75) is 44.8 Å². The average molecular weight is 493 g/mol. The van der Waals surface area contributed by atoms with Crippen LogP contribution >= 0.6 is 0 Å². The van der Waals surface area contributed by atoms with Crippen LogP contribution < -0.4 is 39.4 Å². The van der Waals surface area contributed by atoms with Crippen molar-refractivity contribution in [3.63, 3.8) is 0 Å². The molecular formula is C21H25FN3NaO6S. The molecule has 0 unspecified atom stereocenters. The van der Waals surface area contributed by atoms with E-state index in [1.807, 2.05) is 4.72 Å². The van der Waals surface area contributed by atoms with Gasteiger partial charge in [-0.05, 0) is 30.2 Å². The number of aromatic nitrogens is 2. The number of aliphatic carboxylic acids is 1. The number of sulfonamides is 1. The number of nitrogens with one attached hydrogen (secondary N) is 1. The number of hydrogen-bond donors (Lipinski definition) is 3. The molecule has 12 heteroatoms. The van der Waals surface area contributed by atoms with Gasteiger partial charge >= 0.3 is 29.6 Å². The van der Waals surface area contributed by atoms with Crippen molar-refractivity contribution in [3.05, 3.63) is 47.4 Å². The van der Waals surface area contributed by atoms with Crippen molar-refractivity contribution in [3.8, 4) is 11.3 Å². The predicted octanol–water partition coefficient (Wildman–Crippen LogP) is -1.95. The van der Waals surface area contributed by atoms with Crippen molar-refractivity contribution < 1.29 is 66.6 Å². The Kier molecular flexibility index (Phi) is 9.21. The number of rotatable bonds is 10. The fourth-order valence-corrected chi connectivity index (χ4v) is 3.26. The van der Waals surface area contributed by atoms with E-state index in [1.165, 1.54) is 24.3 Å². The van der Waals surface area contributed by atoms with Gasteiger partial charge in [0.25, 0.3) is 0 Å². The first kappa shape index (κ1) is 24.2. The number of carbonyl (C=O) groups excluding carboxylic acids is 1. The van der Waals surface area contributed by atoms with Crippen LogP contribution in [0.4, 0.5) is 10.3 Å². The summed E-state index contributed by atoms with van der Waals surface area (Å²) in [6.45, 7) is 3.46. The second-order valence-corrected chi connectivity index (χ2v) is 8.56. The van der Waals surface area contributed by atoms with Crippen LogP contribution in [-0.4, -0.2) is 53.0 Å². The van der Waals surface area contributed by atoms with E-state index in [2.05, 4.69) is 9.97 Å². The number of hydrogen-bond acceptors (Lipinski definition) is 8. The molecule has 9 nitrogen and oxygen atoms in total. The smallest absolute Gasteiger partial charge is 0.550 e. The molecule has 2 rings (SSSR count). The maximum atomic E-state index is 13.5. The van der Waals surface area contributed by atoms with Crippen molar-refractivity contribution >= 4 is 28.0 Å². The molecule has 0 saturated carbocycles. The molecule has 0 fully saturated rings. The van der Waals surface area contributed by atoms with E-state index in [0.29, 0.717) is 11.1 Å². The zero-order chi connectivity index (χ0) is 26.6. The molecule has 174 valence electrons. The first-order chi connectivity index (χ1) is 16.1. The summed E-state index contributed by atoms with van der Waals surface area (Å²) in [5, 5.41) is 30.5. The number of anilines is 1. The molecule has 33 heavy (non-hydrogen) atoms. The van der Waals surface area contributed by atoms with Crippen molar-refractivity contribution in [2.24, 2.45) is 0 Å². The van der Waals surface area contributed by atoms with Gasteiger partial charge in [0.1, 0.15) is 5.82 Å². The number of carboxylic acid groups (broad SMARTS) is 1. The Balaban J connectivity index is 0.00000648. The van der Waals surface area contributed by atoms with Crippen LogP contribution in [0.3, 0.4) is 0 Å². The van der Waals surface area contributed by atoms with E-state index in [1.54, 1.807) is 13.8 Å². The van der Waals surface area contributed by atoms with Crippen LogP contribution in [0, 0.1) is 5.82 Å². The number of carbonyl (C=O) groups is 1. The summed E-state index contributed by atoms with van der Waals surface area (Å²) in [4.78, 5) is 18.9. The fraction of sp³-hybridized carbons (Fsp3) is 0.381. The molecule has 1 heterocycles. The maximum Gasteiger partial charge on any atom is 1.00 e. The van der Waals surface area contributed by atoms with Gasteiger partial charge in [0.15, 0.2) is 0 Å². The molecule has 0 aliphatic rings. The van der Waals surface area contributed by atoms with E-state index >= 15 is 0 Å². The second kappa shape index (κ2) is 12.5. The fourth-order valence-electron chi connectivity index (χ4n) is 2.93. The number of nitrogens with zero attached hydrogens (tertiary/aromatic N) is 2. The van der Waals surface area contributed by atoms with Gasteiger partial charge in [0.2, 0.25) is 16.0 Å². The third-order valence-corrected chi connectivity index (χ3v) is 4.72. The van der Waals surface area contributed by atoms with Crippen LogP contribution in [-0.2, 0) is 14.8 Å². The number of benzene rings is 1. The summed E-state index contributed by atoms with van der Waals surface area (Å²) in [6.07, 6.45) is -4.28. The first-order valence-corrected chi connectivity index (χ1v) is 11.0.